The average Bonchev–Trinajstić information content (AvgIpc) is 2.72. The van der Waals surface area contributed by atoms with Crippen molar-refractivity contribution in [2.24, 2.45) is 0 Å². The highest BCUT2D eigenvalue weighted by atomic mass is 35.5. The third-order valence-corrected chi connectivity index (χ3v) is 4.66. The lowest BCUT2D eigenvalue weighted by atomic mass is 10.1. The number of ether oxygens (including phenoxy) is 1. The van der Waals surface area contributed by atoms with Crippen molar-refractivity contribution in [2.45, 2.75) is 19.5 Å². The van der Waals surface area contributed by atoms with Gasteiger partial charge in [-0.1, -0.05) is 23.7 Å². The van der Waals surface area contributed by atoms with E-state index in [-0.39, 0.29) is 5.88 Å². The molecule has 0 unspecified atom stereocenters. The highest BCUT2D eigenvalue weighted by Gasteiger charge is 2.30. The number of anilines is 1. The summed E-state index contributed by atoms with van der Waals surface area (Å²) in [6.45, 7) is 2.28. The maximum atomic E-state index is 12.6. The summed E-state index contributed by atoms with van der Waals surface area (Å²) >= 11 is 6.25. The number of halogens is 4. The van der Waals surface area contributed by atoms with Crippen LogP contribution in [0, 0.1) is 6.92 Å². The number of alkyl halides is 3. The molecule has 158 valence electrons. The topological polar surface area (TPSA) is 60.4 Å². The van der Waals surface area contributed by atoms with Crippen LogP contribution >= 0.6 is 11.6 Å². The summed E-state index contributed by atoms with van der Waals surface area (Å²) in [5.41, 5.74) is 0.820. The first kappa shape index (κ1) is 21.8. The predicted octanol–water partition coefficient (Wildman–Crippen LogP) is 5.26. The van der Waals surface area contributed by atoms with Gasteiger partial charge in [-0.05, 0) is 37.1 Å². The molecule has 1 aromatic carbocycles. The summed E-state index contributed by atoms with van der Waals surface area (Å²) in [5, 5.41) is 2.00. The number of hydrogen-bond acceptors (Lipinski definition) is 6. The van der Waals surface area contributed by atoms with E-state index in [1.54, 1.807) is 24.1 Å². The second-order valence-corrected chi connectivity index (χ2v) is 6.64. The highest BCUT2D eigenvalue weighted by Crippen LogP contribution is 2.30. The molecule has 0 atom stereocenters. The molecule has 30 heavy (non-hydrogen) atoms. The van der Waals surface area contributed by atoms with E-state index in [1.165, 1.54) is 19.5 Å². The highest BCUT2D eigenvalue weighted by molar-refractivity contribution is 6.33. The van der Waals surface area contributed by atoms with Crippen LogP contribution in [0.3, 0.4) is 0 Å². The van der Waals surface area contributed by atoms with Crippen molar-refractivity contribution in [2.75, 3.05) is 18.7 Å². The van der Waals surface area contributed by atoms with Gasteiger partial charge < -0.3 is 4.74 Å². The van der Waals surface area contributed by atoms with Gasteiger partial charge in [0.25, 0.3) is 0 Å². The minimum atomic E-state index is -4.43. The number of hydrogen-bond donors (Lipinski definition) is 0. The number of aromatic nitrogens is 3. The Bertz CT molecular complexity index is 983. The molecule has 2 heterocycles. The molecule has 0 amide bonds. The van der Waals surface area contributed by atoms with E-state index >= 15 is 0 Å². The SMILES string of the molecule is CON(CCc1ccc(Oc2ccc(C(F)(F)F)cn2)cc1)c1ncnc(C)c1Cl. The Hall–Kier alpha value is -2.91. The lowest BCUT2D eigenvalue weighted by Crippen LogP contribution is -2.26. The minimum Gasteiger partial charge on any atom is -0.439 e. The second kappa shape index (κ2) is 9.27. The monoisotopic (exact) mass is 438 g/mol. The Kier molecular flexibility index (Phi) is 6.73. The van der Waals surface area contributed by atoms with Gasteiger partial charge in [-0.3, -0.25) is 4.84 Å². The van der Waals surface area contributed by atoms with Crippen LogP contribution in [-0.2, 0) is 17.4 Å². The zero-order valence-corrected chi connectivity index (χ0v) is 16.9. The average molecular weight is 439 g/mol. The first-order valence-electron chi connectivity index (χ1n) is 8.86. The van der Waals surface area contributed by atoms with Crippen molar-refractivity contribution in [3.05, 3.63) is 70.8 Å². The van der Waals surface area contributed by atoms with Crippen molar-refractivity contribution in [3.8, 4) is 11.6 Å². The van der Waals surface area contributed by atoms with E-state index in [0.717, 1.165) is 17.8 Å². The molecule has 3 rings (SSSR count). The molecule has 0 aliphatic heterocycles. The first-order valence-corrected chi connectivity index (χ1v) is 9.24. The van der Waals surface area contributed by atoms with Crippen LogP contribution in [0.1, 0.15) is 16.8 Å². The van der Waals surface area contributed by atoms with Gasteiger partial charge in [-0.2, -0.15) is 13.2 Å². The molecular formula is C20H18ClF3N4O2. The van der Waals surface area contributed by atoms with Gasteiger partial charge >= 0.3 is 6.18 Å². The summed E-state index contributed by atoms with van der Waals surface area (Å²) < 4.78 is 43.3. The van der Waals surface area contributed by atoms with Gasteiger partial charge in [0.15, 0.2) is 5.82 Å². The Morgan fingerprint density at radius 3 is 2.37 bits per heavy atom. The largest absolute Gasteiger partial charge is 0.439 e. The standard InChI is InChI=1S/C20H18ClF3N4O2/c1-13-18(21)19(27-12-26-13)28(29-2)10-9-14-3-6-16(7-4-14)30-17-8-5-15(11-25-17)20(22,23)24/h3-8,11-12H,9-10H2,1-2H3. The molecule has 3 aromatic rings. The number of benzene rings is 1. The zero-order chi connectivity index (χ0) is 21.7. The Morgan fingerprint density at radius 2 is 1.77 bits per heavy atom. The number of pyridine rings is 1. The van der Waals surface area contributed by atoms with Gasteiger partial charge in [0, 0.05) is 12.3 Å². The smallest absolute Gasteiger partial charge is 0.417 e. The van der Waals surface area contributed by atoms with Crippen molar-refractivity contribution in [1.82, 2.24) is 15.0 Å². The minimum absolute atomic E-state index is 0.0788. The molecule has 0 radical (unpaired) electrons. The zero-order valence-electron chi connectivity index (χ0n) is 16.2. The lowest BCUT2D eigenvalue weighted by molar-refractivity contribution is -0.137. The van der Waals surface area contributed by atoms with Crippen molar-refractivity contribution in [1.29, 1.82) is 0 Å². The Balaban J connectivity index is 1.61. The number of hydroxylamine groups is 1. The second-order valence-electron chi connectivity index (χ2n) is 6.26. The number of nitrogens with zero attached hydrogens (tertiary/aromatic N) is 4. The molecule has 2 aromatic heterocycles. The molecule has 0 N–H and O–H groups in total. The van der Waals surface area contributed by atoms with Crippen LogP contribution in [0.5, 0.6) is 11.6 Å². The molecule has 0 aliphatic carbocycles. The molecule has 0 fully saturated rings. The van der Waals surface area contributed by atoms with Gasteiger partial charge in [-0.25, -0.2) is 20.0 Å². The third kappa shape index (κ3) is 5.37. The van der Waals surface area contributed by atoms with Crippen LogP contribution < -0.4 is 9.80 Å². The first-order chi connectivity index (χ1) is 14.3. The van der Waals surface area contributed by atoms with Crippen LogP contribution in [0.25, 0.3) is 0 Å². The number of rotatable bonds is 7. The van der Waals surface area contributed by atoms with E-state index in [9.17, 15) is 13.2 Å². The van der Waals surface area contributed by atoms with E-state index < -0.39 is 11.7 Å². The summed E-state index contributed by atoms with van der Waals surface area (Å²) in [4.78, 5) is 17.3. The van der Waals surface area contributed by atoms with Crippen molar-refractivity contribution in [3.63, 3.8) is 0 Å². The van der Waals surface area contributed by atoms with E-state index in [2.05, 4.69) is 15.0 Å². The van der Waals surface area contributed by atoms with Crippen LogP contribution in [0.4, 0.5) is 19.0 Å². The Labute approximate surface area is 176 Å². The molecule has 0 bridgehead atoms. The van der Waals surface area contributed by atoms with E-state index in [1.807, 2.05) is 12.1 Å². The Morgan fingerprint density at radius 1 is 1.03 bits per heavy atom. The lowest BCUT2D eigenvalue weighted by Gasteiger charge is -2.21. The maximum absolute atomic E-state index is 12.6. The van der Waals surface area contributed by atoms with Crippen molar-refractivity contribution < 1.29 is 22.7 Å². The molecular weight excluding hydrogens is 421 g/mol. The van der Waals surface area contributed by atoms with Gasteiger partial charge in [0.1, 0.15) is 17.1 Å². The van der Waals surface area contributed by atoms with Crippen LogP contribution in [-0.4, -0.2) is 28.6 Å². The fraction of sp³-hybridized carbons (Fsp3) is 0.250. The fourth-order valence-corrected chi connectivity index (χ4v) is 2.78. The predicted molar refractivity (Wildman–Crippen MR) is 106 cm³/mol. The summed E-state index contributed by atoms with van der Waals surface area (Å²) in [5.74, 6) is 1.03. The molecule has 0 aliphatic rings. The normalized spacial score (nSPS) is 11.4. The van der Waals surface area contributed by atoms with Gasteiger partial charge in [-0.15, -0.1) is 0 Å². The van der Waals surface area contributed by atoms with Crippen molar-refractivity contribution >= 4 is 17.4 Å². The maximum Gasteiger partial charge on any atom is 0.417 e. The molecule has 6 nitrogen and oxygen atoms in total. The molecule has 0 spiro atoms. The number of aryl methyl sites for hydroxylation is 1. The third-order valence-electron chi connectivity index (χ3n) is 4.22. The van der Waals surface area contributed by atoms with Gasteiger partial charge in [0.2, 0.25) is 5.88 Å². The van der Waals surface area contributed by atoms with E-state index in [0.29, 0.717) is 35.2 Å². The van der Waals surface area contributed by atoms with Crippen LogP contribution in [0.15, 0.2) is 48.9 Å². The molecule has 0 saturated heterocycles. The fourth-order valence-electron chi connectivity index (χ4n) is 2.59. The summed E-state index contributed by atoms with van der Waals surface area (Å²) in [6.07, 6.45) is -1.64. The van der Waals surface area contributed by atoms with Gasteiger partial charge in [0.05, 0.1) is 24.9 Å². The van der Waals surface area contributed by atoms with E-state index in [4.69, 9.17) is 21.2 Å². The summed E-state index contributed by atoms with van der Waals surface area (Å²) in [7, 11) is 1.53. The molecule has 0 saturated carbocycles. The summed E-state index contributed by atoms with van der Waals surface area (Å²) in [6, 6.07) is 9.23. The molecule has 10 heteroatoms. The quantitative estimate of drug-likeness (QED) is 0.469. The van der Waals surface area contributed by atoms with Crippen LogP contribution in [0.2, 0.25) is 5.02 Å².